The summed E-state index contributed by atoms with van der Waals surface area (Å²) in [5.74, 6) is 1.44. The third-order valence-electron chi connectivity index (χ3n) is 4.75. The number of methoxy groups -OCH3 is 1. The van der Waals surface area contributed by atoms with Gasteiger partial charge in [0.15, 0.2) is 0 Å². The van der Waals surface area contributed by atoms with E-state index in [0.717, 1.165) is 37.6 Å². The number of carbonyl (C=O) groups is 1. The first-order valence-electron chi connectivity index (χ1n) is 9.28. The van der Waals surface area contributed by atoms with Gasteiger partial charge in [-0.1, -0.05) is 20.8 Å². The lowest BCUT2D eigenvalue weighted by atomic mass is 9.96. The number of ether oxygens (including phenoxy) is 1. The van der Waals surface area contributed by atoms with Crippen LogP contribution in [0.25, 0.3) is 0 Å². The molecule has 144 valence electrons. The summed E-state index contributed by atoms with van der Waals surface area (Å²) in [4.78, 5) is 21.2. The number of nitrogens with one attached hydrogen (secondary N) is 1. The van der Waals surface area contributed by atoms with E-state index in [9.17, 15) is 4.79 Å². The van der Waals surface area contributed by atoms with Crippen LogP contribution >= 0.6 is 0 Å². The summed E-state index contributed by atoms with van der Waals surface area (Å²) in [5.41, 5.74) is 1.87. The van der Waals surface area contributed by atoms with Gasteiger partial charge in [0.2, 0.25) is 5.91 Å². The molecule has 6 nitrogen and oxygen atoms in total. The second-order valence-electron chi connectivity index (χ2n) is 7.78. The molecule has 0 spiro atoms. The SMILES string of the molecule is COc1ccc(N2CCN(c3ccc(NC(=O)C(C)(C)C)nc3)CC2)cc1. The molecule has 1 aliphatic heterocycles. The molecule has 0 atom stereocenters. The number of benzene rings is 1. The number of rotatable bonds is 4. The van der Waals surface area contributed by atoms with Crippen molar-refractivity contribution in [3.05, 3.63) is 42.6 Å². The van der Waals surface area contributed by atoms with Gasteiger partial charge in [-0.25, -0.2) is 4.98 Å². The van der Waals surface area contributed by atoms with Crippen molar-refractivity contribution < 1.29 is 9.53 Å². The average Bonchev–Trinajstić information content (AvgIpc) is 2.68. The fourth-order valence-electron chi connectivity index (χ4n) is 2.97. The van der Waals surface area contributed by atoms with E-state index in [-0.39, 0.29) is 5.91 Å². The third kappa shape index (κ3) is 4.70. The maximum Gasteiger partial charge on any atom is 0.230 e. The van der Waals surface area contributed by atoms with Crippen LogP contribution in [0.15, 0.2) is 42.6 Å². The molecule has 1 aromatic heterocycles. The van der Waals surface area contributed by atoms with Crippen LogP contribution in [-0.2, 0) is 4.79 Å². The Balaban J connectivity index is 1.56. The largest absolute Gasteiger partial charge is 0.497 e. The van der Waals surface area contributed by atoms with Gasteiger partial charge in [-0.15, -0.1) is 0 Å². The van der Waals surface area contributed by atoms with Crippen molar-refractivity contribution in [1.82, 2.24) is 4.98 Å². The standard InChI is InChI=1S/C21H28N4O2/c1-21(2,3)20(26)23-19-10-7-17(15-22-19)25-13-11-24(12-14-25)16-5-8-18(27-4)9-6-16/h5-10,15H,11-14H2,1-4H3,(H,22,23,26). The van der Waals surface area contributed by atoms with Crippen molar-refractivity contribution in [2.75, 3.05) is 48.4 Å². The second kappa shape index (κ2) is 7.86. The molecule has 1 saturated heterocycles. The van der Waals surface area contributed by atoms with E-state index in [4.69, 9.17) is 4.74 Å². The van der Waals surface area contributed by atoms with E-state index >= 15 is 0 Å². The van der Waals surface area contributed by atoms with Gasteiger partial charge in [0, 0.05) is 37.3 Å². The van der Waals surface area contributed by atoms with Crippen LogP contribution in [0.4, 0.5) is 17.2 Å². The lowest BCUT2D eigenvalue weighted by molar-refractivity contribution is -0.123. The number of nitrogens with zero attached hydrogens (tertiary/aromatic N) is 3. The molecule has 1 aliphatic rings. The summed E-state index contributed by atoms with van der Waals surface area (Å²) in [6.07, 6.45) is 1.83. The molecule has 1 amide bonds. The highest BCUT2D eigenvalue weighted by atomic mass is 16.5. The number of hydrogen-bond donors (Lipinski definition) is 1. The Bertz CT molecular complexity index is 758. The predicted octanol–water partition coefficient (Wildman–Crippen LogP) is 3.40. The first-order chi connectivity index (χ1) is 12.9. The minimum atomic E-state index is -0.432. The van der Waals surface area contributed by atoms with Crippen molar-refractivity contribution in [1.29, 1.82) is 0 Å². The smallest absolute Gasteiger partial charge is 0.230 e. The molecule has 0 saturated carbocycles. The van der Waals surface area contributed by atoms with Crippen LogP contribution in [0.5, 0.6) is 5.75 Å². The topological polar surface area (TPSA) is 57.7 Å². The molecule has 0 radical (unpaired) electrons. The molecule has 6 heteroatoms. The lowest BCUT2D eigenvalue weighted by Gasteiger charge is -2.37. The van der Waals surface area contributed by atoms with Gasteiger partial charge in [-0.2, -0.15) is 0 Å². The molecule has 1 N–H and O–H groups in total. The molecule has 3 rings (SSSR count). The number of carbonyl (C=O) groups excluding carboxylic acids is 1. The Kier molecular flexibility index (Phi) is 5.54. The fourth-order valence-corrected chi connectivity index (χ4v) is 2.97. The zero-order valence-electron chi connectivity index (χ0n) is 16.5. The Morgan fingerprint density at radius 2 is 1.52 bits per heavy atom. The molecule has 0 bridgehead atoms. The van der Waals surface area contributed by atoms with Gasteiger partial charge >= 0.3 is 0 Å². The van der Waals surface area contributed by atoms with Crippen molar-refractivity contribution in [2.45, 2.75) is 20.8 Å². The highest BCUT2D eigenvalue weighted by Crippen LogP contribution is 2.23. The Morgan fingerprint density at radius 1 is 0.963 bits per heavy atom. The molecule has 27 heavy (non-hydrogen) atoms. The summed E-state index contributed by atoms with van der Waals surface area (Å²) in [5, 5.41) is 2.86. The molecule has 0 unspecified atom stereocenters. The van der Waals surface area contributed by atoms with Gasteiger partial charge in [-0.3, -0.25) is 4.79 Å². The monoisotopic (exact) mass is 368 g/mol. The van der Waals surface area contributed by atoms with Crippen LogP contribution in [0.2, 0.25) is 0 Å². The lowest BCUT2D eigenvalue weighted by Crippen LogP contribution is -2.46. The van der Waals surface area contributed by atoms with Crippen molar-refractivity contribution in [2.24, 2.45) is 5.41 Å². The maximum atomic E-state index is 12.1. The zero-order chi connectivity index (χ0) is 19.4. The Morgan fingerprint density at radius 3 is 2.00 bits per heavy atom. The molecular formula is C21H28N4O2. The summed E-state index contributed by atoms with van der Waals surface area (Å²) >= 11 is 0. The van der Waals surface area contributed by atoms with E-state index < -0.39 is 5.41 Å². The molecular weight excluding hydrogens is 340 g/mol. The van der Waals surface area contributed by atoms with Gasteiger partial charge < -0.3 is 19.9 Å². The summed E-state index contributed by atoms with van der Waals surface area (Å²) in [7, 11) is 1.68. The third-order valence-corrected chi connectivity index (χ3v) is 4.75. The quantitative estimate of drug-likeness (QED) is 0.896. The van der Waals surface area contributed by atoms with E-state index in [1.54, 1.807) is 7.11 Å². The number of pyridine rings is 1. The minimum Gasteiger partial charge on any atom is -0.497 e. The number of anilines is 3. The summed E-state index contributed by atoms with van der Waals surface area (Å²) in [6, 6.07) is 12.1. The Hall–Kier alpha value is -2.76. The maximum absolute atomic E-state index is 12.1. The number of aromatic nitrogens is 1. The zero-order valence-corrected chi connectivity index (χ0v) is 16.5. The van der Waals surface area contributed by atoms with Crippen LogP contribution < -0.4 is 19.9 Å². The van der Waals surface area contributed by atoms with Gasteiger partial charge in [0.1, 0.15) is 11.6 Å². The van der Waals surface area contributed by atoms with Crippen molar-refractivity contribution in [3.8, 4) is 5.75 Å². The fraction of sp³-hybridized carbons (Fsp3) is 0.429. The van der Waals surface area contributed by atoms with E-state index in [2.05, 4.69) is 32.2 Å². The van der Waals surface area contributed by atoms with E-state index in [1.165, 1.54) is 5.69 Å². The molecule has 2 heterocycles. The predicted molar refractivity (Wildman–Crippen MR) is 110 cm³/mol. The molecule has 0 aliphatic carbocycles. The van der Waals surface area contributed by atoms with E-state index in [1.807, 2.05) is 51.2 Å². The summed E-state index contributed by atoms with van der Waals surface area (Å²) < 4.78 is 5.22. The molecule has 1 aromatic carbocycles. The number of piperazine rings is 1. The highest BCUT2D eigenvalue weighted by Gasteiger charge is 2.22. The Labute approximate surface area is 161 Å². The second-order valence-corrected chi connectivity index (χ2v) is 7.78. The van der Waals surface area contributed by atoms with Crippen LogP contribution in [0.3, 0.4) is 0 Å². The van der Waals surface area contributed by atoms with Gasteiger partial charge in [0.05, 0.1) is 19.0 Å². The van der Waals surface area contributed by atoms with Crippen molar-refractivity contribution >= 4 is 23.1 Å². The van der Waals surface area contributed by atoms with Crippen LogP contribution in [-0.4, -0.2) is 44.2 Å². The summed E-state index contributed by atoms with van der Waals surface area (Å²) in [6.45, 7) is 9.43. The van der Waals surface area contributed by atoms with E-state index in [0.29, 0.717) is 5.82 Å². The highest BCUT2D eigenvalue weighted by molar-refractivity contribution is 5.93. The van der Waals surface area contributed by atoms with Crippen LogP contribution in [0, 0.1) is 5.41 Å². The van der Waals surface area contributed by atoms with Crippen molar-refractivity contribution in [3.63, 3.8) is 0 Å². The molecule has 1 fully saturated rings. The van der Waals surface area contributed by atoms with Crippen LogP contribution in [0.1, 0.15) is 20.8 Å². The minimum absolute atomic E-state index is 0.0316. The average molecular weight is 368 g/mol. The normalized spacial score (nSPS) is 14.8. The number of hydrogen-bond acceptors (Lipinski definition) is 5. The molecule has 2 aromatic rings. The first kappa shape index (κ1) is 19.0. The van der Waals surface area contributed by atoms with Gasteiger partial charge in [0.25, 0.3) is 0 Å². The van der Waals surface area contributed by atoms with Gasteiger partial charge in [-0.05, 0) is 36.4 Å². The first-order valence-corrected chi connectivity index (χ1v) is 9.28. The number of amides is 1.